The van der Waals surface area contributed by atoms with Gasteiger partial charge in [0, 0.05) is 13.0 Å². The second-order valence-electron chi connectivity index (χ2n) is 5.67. The van der Waals surface area contributed by atoms with Gasteiger partial charge in [-0.3, -0.25) is 4.99 Å². The molecule has 0 aliphatic carbocycles. The first-order valence-corrected chi connectivity index (χ1v) is 10.4. The summed E-state index contributed by atoms with van der Waals surface area (Å²) >= 11 is 0. The topological polar surface area (TPSA) is 84.5 Å². The van der Waals surface area contributed by atoms with Crippen LogP contribution in [0.2, 0.25) is 0 Å². The zero-order valence-corrected chi connectivity index (χ0v) is 16.2. The molecule has 0 saturated carbocycles. The van der Waals surface area contributed by atoms with Gasteiger partial charge < -0.3 is 24.1 Å². The molecule has 0 amide bonds. The van der Waals surface area contributed by atoms with Gasteiger partial charge in [-0.1, -0.05) is 0 Å². The van der Waals surface area contributed by atoms with E-state index in [1.54, 1.807) is 24.3 Å². The Morgan fingerprint density at radius 1 is 1.24 bits per heavy atom. The first-order chi connectivity index (χ1) is 11.9. The number of aliphatic imine (C=N–C) groups is 1. The maximum atomic E-state index is 11.8. The van der Waals surface area contributed by atoms with Crippen LogP contribution in [0.1, 0.15) is 20.3 Å². The summed E-state index contributed by atoms with van der Waals surface area (Å²) in [5, 5.41) is 11.8. The van der Waals surface area contributed by atoms with Gasteiger partial charge in [0.25, 0.3) is 6.10 Å². The van der Waals surface area contributed by atoms with Crippen molar-refractivity contribution in [2.24, 2.45) is 4.99 Å². The lowest BCUT2D eigenvalue weighted by Crippen LogP contribution is -2.29. The van der Waals surface area contributed by atoms with Crippen LogP contribution in [-0.2, 0) is 20.4 Å². The summed E-state index contributed by atoms with van der Waals surface area (Å²) < 4.78 is 16.2. The highest BCUT2D eigenvalue weighted by atomic mass is 32.2. The van der Waals surface area contributed by atoms with Crippen molar-refractivity contribution >= 4 is 28.4 Å². The molecular weight excluding hydrogens is 342 g/mol. The lowest BCUT2D eigenvalue weighted by atomic mass is 10.3. The van der Waals surface area contributed by atoms with Crippen LogP contribution >= 0.6 is 0 Å². The van der Waals surface area contributed by atoms with Gasteiger partial charge in [0.1, 0.15) is 18.1 Å². The molecule has 0 radical (unpaired) electrons. The number of rotatable bonds is 11. The Bertz CT molecular complexity index is 545. The minimum atomic E-state index is -0.396. The van der Waals surface area contributed by atoms with Crippen LogP contribution in [-0.4, -0.2) is 60.9 Å². The third-order valence-corrected chi connectivity index (χ3v) is 4.12. The van der Waals surface area contributed by atoms with Gasteiger partial charge in [-0.2, -0.15) is 0 Å². The van der Waals surface area contributed by atoms with Gasteiger partial charge in [-0.05, 0) is 48.0 Å². The Morgan fingerprint density at radius 2 is 1.92 bits per heavy atom. The van der Waals surface area contributed by atoms with Crippen molar-refractivity contribution in [1.82, 2.24) is 0 Å². The minimum absolute atomic E-state index is 0.103. The van der Waals surface area contributed by atoms with Gasteiger partial charge in [-0.25, -0.2) is 0 Å². The van der Waals surface area contributed by atoms with Crippen LogP contribution in [0.15, 0.2) is 29.3 Å². The average molecular weight is 370 g/mol. The quantitative estimate of drug-likeness (QED) is 0.257. The third kappa shape index (κ3) is 9.99. The fourth-order valence-corrected chi connectivity index (χ4v) is 2.49. The molecule has 0 aliphatic rings. The van der Waals surface area contributed by atoms with Crippen molar-refractivity contribution in [3.8, 4) is 5.75 Å². The highest BCUT2D eigenvalue weighted by Crippen LogP contribution is 2.18. The molecule has 0 aromatic heterocycles. The predicted molar refractivity (Wildman–Crippen MR) is 102 cm³/mol. The van der Waals surface area contributed by atoms with E-state index in [2.05, 4.69) is 17.5 Å². The minimum Gasteiger partial charge on any atom is -0.862 e. The van der Waals surface area contributed by atoms with E-state index in [-0.39, 0.29) is 29.4 Å². The highest BCUT2D eigenvalue weighted by molar-refractivity contribution is 7.95. The summed E-state index contributed by atoms with van der Waals surface area (Å²) in [7, 11) is 0.245. The molecule has 0 bridgehead atoms. The van der Waals surface area contributed by atoms with Crippen LogP contribution in [0.3, 0.4) is 0 Å². The van der Waals surface area contributed by atoms with Crippen LogP contribution in [0.4, 0.5) is 5.69 Å². The number of nitrogens with zero attached hydrogens (tertiary/aromatic N) is 1. The highest BCUT2D eigenvalue weighted by Gasteiger charge is 2.20. The lowest BCUT2D eigenvalue weighted by Gasteiger charge is -2.13. The molecule has 6 nitrogen and oxygen atoms in total. The fourth-order valence-electron chi connectivity index (χ4n) is 1.90. The monoisotopic (exact) mass is 370 g/mol. The van der Waals surface area contributed by atoms with Gasteiger partial charge >= 0.3 is 5.97 Å². The molecule has 1 aromatic carbocycles. The predicted octanol–water partition coefficient (Wildman–Crippen LogP) is 1.67. The van der Waals surface area contributed by atoms with Crippen molar-refractivity contribution in [2.45, 2.75) is 26.4 Å². The van der Waals surface area contributed by atoms with Gasteiger partial charge in [-0.15, -0.1) is 0 Å². The third-order valence-electron chi connectivity index (χ3n) is 3.10. The number of esters is 1. The zero-order chi connectivity index (χ0) is 18.7. The van der Waals surface area contributed by atoms with E-state index < -0.39 is 6.10 Å². The molecule has 140 valence electrons. The SMILES string of the molecule is CCOC[C@H](COc1ccc(N=C([O-])CC[S+](C)C)cc1)OC(C)=[OH+]. The van der Waals surface area contributed by atoms with Crippen LogP contribution in [0.25, 0.3) is 0 Å². The van der Waals surface area contributed by atoms with E-state index in [9.17, 15) is 9.90 Å². The van der Waals surface area contributed by atoms with E-state index in [4.69, 9.17) is 14.2 Å². The normalized spacial score (nSPS) is 12.9. The molecule has 0 unspecified atom stereocenters. The Kier molecular flexibility index (Phi) is 10.0. The van der Waals surface area contributed by atoms with E-state index in [1.165, 1.54) is 6.92 Å². The van der Waals surface area contributed by atoms with Crippen LogP contribution in [0.5, 0.6) is 5.75 Å². The molecule has 0 aliphatic heterocycles. The first kappa shape index (κ1) is 21.3. The second-order valence-corrected chi connectivity index (χ2v) is 8.05. The number of carbonyl (C=O) groups excluding carboxylic acids is 1. The standard InChI is InChI=1S/C18H27NO5S/c1-5-22-12-17(24-14(2)20)13-23-16-8-6-15(7-9-16)19-18(21)10-11-25(3)4/h6-9,17H,5,10-13H2,1-4H3/p+1/t17-/m1/s1. The number of ether oxygens (including phenoxy) is 3. The molecule has 25 heavy (non-hydrogen) atoms. The molecular formula is C18H28NO5S+. The largest absolute Gasteiger partial charge is 0.862 e. The van der Waals surface area contributed by atoms with Crippen molar-refractivity contribution in [2.75, 3.05) is 38.1 Å². The lowest BCUT2D eigenvalue weighted by molar-refractivity contribution is -0.217. The fraction of sp³-hybridized carbons (Fsp3) is 0.556. The molecule has 7 heteroatoms. The summed E-state index contributed by atoms with van der Waals surface area (Å²) in [6.45, 7) is 4.48. The Balaban J connectivity index is 2.54. The van der Waals surface area contributed by atoms with Gasteiger partial charge in [0.05, 0.1) is 25.1 Å². The molecule has 1 N–H and O–H groups in total. The van der Waals surface area contributed by atoms with Gasteiger partial charge in [0.15, 0.2) is 6.61 Å². The average Bonchev–Trinajstić information content (AvgIpc) is 2.56. The first-order valence-electron chi connectivity index (χ1n) is 8.19. The molecule has 1 aromatic rings. The van der Waals surface area contributed by atoms with Crippen LogP contribution in [0, 0.1) is 0 Å². The number of hydrogen-bond donors (Lipinski definition) is 0. The van der Waals surface area contributed by atoms with Crippen molar-refractivity contribution in [3.05, 3.63) is 24.3 Å². The Labute approximate surface area is 152 Å². The number of hydrogen-bond acceptors (Lipinski definition) is 5. The van der Waals surface area contributed by atoms with Crippen molar-refractivity contribution < 1.29 is 24.1 Å². The molecule has 0 spiro atoms. The van der Waals surface area contributed by atoms with Crippen LogP contribution < -0.4 is 9.84 Å². The second kappa shape index (κ2) is 11.8. The van der Waals surface area contributed by atoms with E-state index in [0.717, 1.165) is 5.75 Å². The molecule has 1 rings (SSSR count). The molecule has 0 heterocycles. The Morgan fingerprint density at radius 3 is 2.48 bits per heavy atom. The summed E-state index contributed by atoms with van der Waals surface area (Å²) in [5.74, 6) is 1.28. The zero-order valence-electron chi connectivity index (χ0n) is 15.4. The maximum Gasteiger partial charge on any atom is 0.479 e. The van der Waals surface area contributed by atoms with E-state index >= 15 is 0 Å². The molecule has 0 saturated heterocycles. The summed E-state index contributed by atoms with van der Waals surface area (Å²) in [6, 6.07) is 6.99. The summed E-state index contributed by atoms with van der Waals surface area (Å²) in [5.41, 5.74) is 0.617. The smallest absolute Gasteiger partial charge is 0.479 e. The molecule has 1 atom stereocenters. The van der Waals surface area contributed by atoms with Crippen molar-refractivity contribution in [3.63, 3.8) is 0 Å². The van der Waals surface area contributed by atoms with Crippen molar-refractivity contribution in [1.29, 1.82) is 0 Å². The van der Waals surface area contributed by atoms with E-state index in [1.807, 2.05) is 6.92 Å². The number of benzene rings is 1. The summed E-state index contributed by atoms with van der Waals surface area (Å²) in [6.07, 6.45) is 4.30. The van der Waals surface area contributed by atoms with E-state index in [0.29, 0.717) is 31.1 Å². The maximum absolute atomic E-state index is 11.8. The Hall–Kier alpha value is -1.73. The molecule has 0 fully saturated rings. The summed E-state index contributed by atoms with van der Waals surface area (Å²) in [4.78, 5) is 13.3. The van der Waals surface area contributed by atoms with Gasteiger partial charge in [0.2, 0.25) is 0 Å².